The Morgan fingerprint density at radius 2 is 1.89 bits per heavy atom. The highest BCUT2D eigenvalue weighted by atomic mass is 127. The Kier molecular flexibility index (Phi) is 8.49. The van der Waals surface area contributed by atoms with Crippen LogP contribution in [0.25, 0.3) is 5.65 Å². The third-order valence-electron chi connectivity index (χ3n) is 3.86. The third kappa shape index (κ3) is 6.08. The van der Waals surface area contributed by atoms with E-state index in [1.165, 1.54) is 0 Å². The Labute approximate surface area is 182 Å². The molecule has 0 saturated carbocycles. The summed E-state index contributed by atoms with van der Waals surface area (Å²) >= 11 is 0. The summed E-state index contributed by atoms with van der Waals surface area (Å²) < 4.78 is 7.64. The molecule has 0 spiro atoms. The summed E-state index contributed by atoms with van der Waals surface area (Å²) in [5, 5.41) is 15.0. The van der Waals surface area contributed by atoms with Crippen molar-refractivity contribution in [1.29, 1.82) is 0 Å². The second-order valence-corrected chi connectivity index (χ2v) is 6.40. The van der Waals surface area contributed by atoms with Crippen LogP contribution in [0.2, 0.25) is 0 Å². The summed E-state index contributed by atoms with van der Waals surface area (Å²) in [5.41, 5.74) is 1.95. The maximum absolute atomic E-state index is 5.67. The molecule has 0 fully saturated rings. The van der Waals surface area contributed by atoms with E-state index in [-0.39, 0.29) is 30.1 Å². The lowest BCUT2D eigenvalue weighted by Gasteiger charge is -2.11. The van der Waals surface area contributed by atoms with Crippen LogP contribution in [0.4, 0.5) is 0 Å². The highest BCUT2D eigenvalue weighted by Gasteiger charge is 2.06. The number of hydrogen-bond acceptors (Lipinski definition) is 4. The second-order valence-electron chi connectivity index (χ2n) is 6.40. The Balaban J connectivity index is 0.00000280. The maximum atomic E-state index is 5.67. The van der Waals surface area contributed by atoms with Crippen molar-refractivity contribution < 1.29 is 4.74 Å². The molecule has 3 rings (SSSR count). The molecule has 0 saturated heterocycles. The summed E-state index contributed by atoms with van der Waals surface area (Å²) in [5.74, 6) is 2.46. The van der Waals surface area contributed by atoms with E-state index in [1.807, 2.05) is 73.8 Å². The average Bonchev–Trinajstić information content (AvgIpc) is 3.08. The molecule has 0 atom stereocenters. The zero-order chi connectivity index (χ0) is 19.1. The second kappa shape index (κ2) is 10.8. The van der Waals surface area contributed by atoms with Gasteiger partial charge in [-0.2, -0.15) is 0 Å². The van der Waals surface area contributed by atoms with Crippen LogP contribution in [0.1, 0.15) is 32.2 Å². The van der Waals surface area contributed by atoms with E-state index in [1.54, 1.807) is 0 Å². The summed E-state index contributed by atoms with van der Waals surface area (Å²) in [4.78, 5) is 4.65. The smallest absolute Gasteiger partial charge is 0.191 e. The van der Waals surface area contributed by atoms with Gasteiger partial charge in [-0.15, -0.1) is 34.2 Å². The minimum atomic E-state index is 0. The lowest BCUT2D eigenvalue weighted by Crippen LogP contribution is -2.37. The Bertz CT molecular complexity index is 891. The highest BCUT2D eigenvalue weighted by Crippen LogP contribution is 2.14. The molecule has 0 radical (unpaired) electrons. The van der Waals surface area contributed by atoms with Gasteiger partial charge in [0.1, 0.15) is 5.75 Å². The zero-order valence-corrected chi connectivity index (χ0v) is 18.8. The molecular weight excluding hydrogens is 467 g/mol. The van der Waals surface area contributed by atoms with E-state index in [2.05, 4.69) is 25.8 Å². The predicted molar refractivity (Wildman–Crippen MR) is 122 cm³/mol. The van der Waals surface area contributed by atoms with Gasteiger partial charge < -0.3 is 15.4 Å². The third-order valence-corrected chi connectivity index (χ3v) is 3.86. The number of aliphatic imine (C=N–C) groups is 1. The van der Waals surface area contributed by atoms with Crippen molar-refractivity contribution in [3.05, 3.63) is 60.0 Å². The van der Waals surface area contributed by atoms with Crippen LogP contribution in [0.5, 0.6) is 5.75 Å². The van der Waals surface area contributed by atoms with Crippen LogP contribution in [0, 0.1) is 0 Å². The Hall–Kier alpha value is -2.36. The van der Waals surface area contributed by atoms with E-state index in [4.69, 9.17) is 4.74 Å². The molecule has 28 heavy (non-hydrogen) atoms. The van der Waals surface area contributed by atoms with E-state index in [9.17, 15) is 0 Å². The number of ether oxygens (including phenoxy) is 1. The molecule has 0 amide bonds. The van der Waals surface area contributed by atoms with Gasteiger partial charge in [0.2, 0.25) is 0 Å². The van der Waals surface area contributed by atoms with Crippen molar-refractivity contribution in [2.24, 2.45) is 4.99 Å². The van der Waals surface area contributed by atoms with Crippen molar-refractivity contribution in [1.82, 2.24) is 25.2 Å². The van der Waals surface area contributed by atoms with Crippen molar-refractivity contribution >= 4 is 35.6 Å². The van der Waals surface area contributed by atoms with Gasteiger partial charge in [0.25, 0.3) is 0 Å². The van der Waals surface area contributed by atoms with Crippen molar-refractivity contribution in [2.75, 3.05) is 6.54 Å². The topological polar surface area (TPSA) is 75.8 Å². The maximum Gasteiger partial charge on any atom is 0.191 e. The lowest BCUT2D eigenvalue weighted by atomic mass is 10.2. The van der Waals surface area contributed by atoms with Gasteiger partial charge in [0, 0.05) is 12.7 Å². The van der Waals surface area contributed by atoms with Crippen LogP contribution in [-0.4, -0.2) is 33.2 Å². The number of nitrogens with one attached hydrogen (secondary N) is 2. The monoisotopic (exact) mass is 494 g/mol. The van der Waals surface area contributed by atoms with E-state index < -0.39 is 0 Å². The fourth-order valence-electron chi connectivity index (χ4n) is 2.63. The van der Waals surface area contributed by atoms with E-state index >= 15 is 0 Å². The van der Waals surface area contributed by atoms with Gasteiger partial charge >= 0.3 is 0 Å². The Morgan fingerprint density at radius 1 is 1.11 bits per heavy atom. The molecule has 3 aromatic rings. The van der Waals surface area contributed by atoms with Gasteiger partial charge in [-0.1, -0.05) is 18.2 Å². The van der Waals surface area contributed by atoms with Crippen LogP contribution >= 0.6 is 24.0 Å². The van der Waals surface area contributed by atoms with E-state index in [0.29, 0.717) is 13.1 Å². The van der Waals surface area contributed by atoms with Gasteiger partial charge in [0.05, 0.1) is 19.2 Å². The van der Waals surface area contributed by atoms with Gasteiger partial charge in [-0.05, 0) is 50.6 Å². The first-order valence-corrected chi connectivity index (χ1v) is 9.22. The van der Waals surface area contributed by atoms with Crippen LogP contribution in [0.3, 0.4) is 0 Å². The van der Waals surface area contributed by atoms with Crippen molar-refractivity contribution in [3.8, 4) is 5.75 Å². The standard InChI is InChI=1S/C20H26N6O.HI/c1-4-21-20(22-13-16-8-10-17(11-9-16)27-15(2)3)23-14-19-25-24-18-7-5-6-12-26(18)19;/h5-12,15H,4,13-14H2,1-3H3,(H2,21,22,23);1H. The lowest BCUT2D eigenvalue weighted by molar-refractivity contribution is 0.242. The number of rotatable bonds is 7. The van der Waals surface area contributed by atoms with Gasteiger partial charge in [-0.25, -0.2) is 4.99 Å². The predicted octanol–water partition coefficient (Wildman–Crippen LogP) is 3.39. The summed E-state index contributed by atoms with van der Waals surface area (Å²) in [6.07, 6.45) is 2.13. The molecule has 1 aromatic carbocycles. The minimum Gasteiger partial charge on any atom is -0.491 e. The molecule has 2 aromatic heterocycles. The van der Waals surface area contributed by atoms with Gasteiger partial charge in [0.15, 0.2) is 17.4 Å². The number of nitrogens with zero attached hydrogens (tertiary/aromatic N) is 4. The molecule has 0 unspecified atom stereocenters. The first-order valence-electron chi connectivity index (χ1n) is 9.22. The molecule has 0 aliphatic carbocycles. The number of hydrogen-bond donors (Lipinski definition) is 2. The van der Waals surface area contributed by atoms with Crippen LogP contribution in [-0.2, 0) is 13.1 Å². The molecule has 0 aliphatic heterocycles. The van der Waals surface area contributed by atoms with Crippen LogP contribution in [0.15, 0.2) is 53.7 Å². The summed E-state index contributed by atoms with van der Waals surface area (Å²) in [7, 11) is 0. The molecule has 7 nitrogen and oxygen atoms in total. The largest absolute Gasteiger partial charge is 0.491 e. The zero-order valence-electron chi connectivity index (χ0n) is 16.4. The summed E-state index contributed by atoms with van der Waals surface area (Å²) in [6, 6.07) is 13.9. The number of pyridine rings is 1. The minimum absolute atomic E-state index is 0. The quantitative estimate of drug-likeness (QED) is 0.299. The van der Waals surface area contributed by atoms with E-state index in [0.717, 1.165) is 35.3 Å². The fraction of sp³-hybridized carbons (Fsp3) is 0.350. The first-order chi connectivity index (χ1) is 13.2. The van der Waals surface area contributed by atoms with Crippen molar-refractivity contribution in [3.63, 3.8) is 0 Å². The molecule has 0 aliphatic rings. The number of benzene rings is 1. The first kappa shape index (κ1) is 21.9. The SMILES string of the molecule is CCNC(=NCc1ccc(OC(C)C)cc1)NCc1nnc2ccccn12.I. The molecule has 8 heteroatoms. The number of fused-ring (bicyclic) bond motifs is 1. The molecule has 150 valence electrons. The van der Waals surface area contributed by atoms with Crippen molar-refractivity contribution in [2.45, 2.75) is 40.0 Å². The molecule has 0 bridgehead atoms. The number of guanidine groups is 1. The fourth-order valence-corrected chi connectivity index (χ4v) is 2.63. The average molecular weight is 494 g/mol. The number of halogens is 1. The molecule has 2 heterocycles. The summed E-state index contributed by atoms with van der Waals surface area (Å²) in [6.45, 7) is 7.99. The van der Waals surface area contributed by atoms with Crippen LogP contribution < -0.4 is 15.4 Å². The van der Waals surface area contributed by atoms with Gasteiger partial charge in [-0.3, -0.25) is 4.40 Å². The normalized spacial score (nSPS) is 11.4. The molecule has 2 N–H and O–H groups in total. The number of aromatic nitrogens is 3. The Morgan fingerprint density at radius 3 is 2.61 bits per heavy atom. The highest BCUT2D eigenvalue weighted by molar-refractivity contribution is 14.0. The molecular formula is C20H27IN6O.